The molecule has 0 aromatic heterocycles. The summed E-state index contributed by atoms with van der Waals surface area (Å²) in [5.74, 6) is 1.67. The van der Waals surface area contributed by atoms with Crippen molar-refractivity contribution >= 4 is 8.32 Å². The lowest BCUT2D eigenvalue weighted by molar-refractivity contribution is 0.237. The first-order chi connectivity index (χ1) is 6.33. The number of hydrogen-bond donors (Lipinski definition) is 1. The zero-order valence-electron chi connectivity index (χ0n) is 10.1. The molecule has 0 radical (unpaired) electrons. The molecule has 0 amide bonds. The lowest BCUT2D eigenvalue weighted by Crippen LogP contribution is -2.42. The molecule has 3 atom stereocenters. The van der Waals surface area contributed by atoms with Gasteiger partial charge in [0.15, 0.2) is 8.32 Å². The van der Waals surface area contributed by atoms with Gasteiger partial charge in [0.05, 0.1) is 6.10 Å². The summed E-state index contributed by atoms with van der Waals surface area (Å²) in [6.07, 6.45) is 0.595. The van der Waals surface area contributed by atoms with Crippen LogP contribution in [0.3, 0.4) is 0 Å². The molecule has 3 heteroatoms. The van der Waals surface area contributed by atoms with Crippen LogP contribution in [0, 0.1) is 11.8 Å². The maximum Gasteiger partial charge on any atom is 0.192 e. The van der Waals surface area contributed by atoms with E-state index in [0.29, 0.717) is 11.1 Å². The van der Waals surface area contributed by atoms with Gasteiger partial charge in [0, 0.05) is 24.9 Å². The fraction of sp³-hybridized carbons (Fsp3) is 1.00. The molecule has 82 valence electrons. The molecule has 0 unspecified atom stereocenters. The van der Waals surface area contributed by atoms with Crippen molar-refractivity contribution in [2.75, 3.05) is 13.1 Å². The van der Waals surface area contributed by atoms with Gasteiger partial charge in [-0.2, -0.15) is 0 Å². The highest BCUT2D eigenvalue weighted by Gasteiger charge is 2.56. The molecule has 1 heterocycles. The molecule has 1 saturated heterocycles. The Balaban J connectivity index is 1.92. The molecule has 2 fully saturated rings. The summed E-state index contributed by atoms with van der Waals surface area (Å²) in [5.41, 5.74) is 0. The van der Waals surface area contributed by atoms with Crippen molar-refractivity contribution in [1.29, 1.82) is 0 Å². The van der Waals surface area contributed by atoms with Gasteiger partial charge in [0.25, 0.3) is 0 Å². The van der Waals surface area contributed by atoms with Crippen molar-refractivity contribution in [3.63, 3.8) is 0 Å². The minimum Gasteiger partial charge on any atom is -0.413 e. The van der Waals surface area contributed by atoms with Crippen molar-refractivity contribution in [3.8, 4) is 0 Å². The first-order valence-electron chi connectivity index (χ1n) is 5.71. The Morgan fingerprint density at radius 1 is 1.14 bits per heavy atom. The molecule has 0 aromatic carbocycles. The molecular weight excluding hydrogens is 190 g/mol. The Morgan fingerprint density at radius 3 is 2.07 bits per heavy atom. The van der Waals surface area contributed by atoms with Crippen molar-refractivity contribution in [1.82, 2.24) is 5.32 Å². The summed E-state index contributed by atoms with van der Waals surface area (Å²) in [6, 6.07) is 0. The van der Waals surface area contributed by atoms with Crippen LogP contribution >= 0.6 is 0 Å². The van der Waals surface area contributed by atoms with E-state index in [0.717, 1.165) is 11.8 Å². The quantitative estimate of drug-likeness (QED) is 0.710. The fourth-order valence-electron chi connectivity index (χ4n) is 2.05. The van der Waals surface area contributed by atoms with Gasteiger partial charge in [-0.3, -0.25) is 0 Å². The second-order valence-corrected chi connectivity index (χ2v) is 11.1. The SMILES string of the molecule is CC(C)(C)[Si](C)(C)O[C@H]1[C@@H]2CNC[C@@H]21. The molecule has 1 aliphatic heterocycles. The number of hydrogen-bond acceptors (Lipinski definition) is 2. The van der Waals surface area contributed by atoms with Gasteiger partial charge >= 0.3 is 0 Å². The van der Waals surface area contributed by atoms with E-state index in [4.69, 9.17) is 4.43 Å². The molecule has 0 aromatic rings. The monoisotopic (exact) mass is 213 g/mol. The van der Waals surface area contributed by atoms with Gasteiger partial charge in [-0.05, 0) is 18.1 Å². The van der Waals surface area contributed by atoms with E-state index in [1.165, 1.54) is 13.1 Å². The van der Waals surface area contributed by atoms with E-state index < -0.39 is 8.32 Å². The van der Waals surface area contributed by atoms with Crippen LogP contribution in [0.15, 0.2) is 0 Å². The van der Waals surface area contributed by atoms with E-state index in [1.807, 2.05) is 0 Å². The third-order valence-corrected chi connectivity index (χ3v) is 8.72. The summed E-state index contributed by atoms with van der Waals surface area (Å²) in [4.78, 5) is 0. The molecule has 2 rings (SSSR count). The Hall–Kier alpha value is 0.137. The van der Waals surface area contributed by atoms with Gasteiger partial charge in [0.2, 0.25) is 0 Å². The second kappa shape index (κ2) is 3.06. The molecule has 0 bridgehead atoms. The maximum absolute atomic E-state index is 6.38. The van der Waals surface area contributed by atoms with Crippen LogP contribution in [-0.4, -0.2) is 27.5 Å². The highest BCUT2D eigenvalue weighted by atomic mass is 28.4. The molecular formula is C11H23NOSi. The average Bonchev–Trinajstić information content (AvgIpc) is 2.50. The van der Waals surface area contributed by atoms with E-state index >= 15 is 0 Å². The maximum atomic E-state index is 6.38. The molecule has 14 heavy (non-hydrogen) atoms. The van der Waals surface area contributed by atoms with Crippen LogP contribution in [0.4, 0.5) is 0 Å². The summed E-state index contributed by atoms with van der Waals surface area (Å²) < 4.78 is 6.38. The molecule has 2 nitrogen and oxygen atoms in total. The fourth-order valence-corrected chi connectivity index (χ4v) is 3.44. The third-order valence-electron chi connectivity index (χ3n) is 4.25. The van der Waals surface area contributed by atoms with Crippen LogP contribution in [0.1, 0.15) is 20.8 Å². The lowest BCUT2D eigenvalue weighted by atomic mass is 10.2. The van der Waals surface area contributed by atoms with Crippen LogP contribution in [0.5, 0.6) is 0 Å². The Kier molecular flexibility index (Phi) is 2.33. The topological polar surface area (TPSA) is 21.3 Å². The molecule has 1 saturated carbocycles. The van der Waals surface area contributed by atoms with Crippen molar-refractivity contribution < 1.29 is 4.43 Å². The van der Waals surface area contributed by atoms with Crippen molar-refractivity contribution in [2.45, 2.75) is 45.0 Å². The second-order valence-electron chi connectivity index (χ2n) is 6.33. The normalized spacial score (nSPS) is 37.1. The minimum atomic E-state index is -1.50. The highest BCUT2D eigenvalue weighted by Crippen LogP contribution is 2.49. The first kappa shape index (κ1) is 10.6. The molecule has 1 N–H and O–H groups in total. The Bertz CT molecular complexity index is 224. The zero-order chi connectivity index (χ0) is 10.6. The van der Waals surface area contributed by atoms with Crippen LogP contribution < -0.4 is 5.32 Å². The van der Waals surface area contributed by atoms with Crippen LogP contribution in [0.2, 0.25) is 18.1 Å². The summed E-state index contributed by atoms with van der Waals surface area (Å²) >= 11 is 0. The lowest BCUT2D eigenvalue weighted by Gasteiger charge is -2.36. The van der Waals surface area contributed by atoms with E-state index in [2.05, 4.69) is 39.2 Å². The minimum absolute atomic E-state index is 0.358. The Labute approximate surface area is 88.5 Å². The number of fused-ring (bicyclic) bond motifs is 1. The largest absolute Gasteiger partial charge is 0.413 e. The molecule has 0 spiro atoms. The van der Waals surface area contributed by atoms with Gasteiger partial charge in [-0.15, -0.1) is 0 Å². The van der Waals surface area contributed by atoms with Crippen molar-refractivity contribution in [3.05, 3.63) is 0 Å². The number of rotatable bonds is 2. The van der Waals surface area contributed by atoms with Gasteiger partial charge < -0.3 is 9.74 Å². The van der Waals surface area contributed by atoms with Crippen LogP contribution in [0.25, 0.3) is 0 Å². The number of nitrogens with one attached hydrogen (secondary N) is 1. The van der Waals surface area contributed by atoms with Gasteiger partial charge in [-0.1, -0.05) is 20.8 Å². The zero-order valence-corrected chi connectivity index (χ0v) is 11.1. The third kappa shape index (κ3) is 1.66. The van der Waals surface area contributed by atoms with E-state index in [-0.39, 0.29) is 0 Å². The predicted octanol–water partition coefficient (Wildman–Crippen LogP) is 2.23. The Morgan fingerprint density at radius 2 is 1.64 bits per heavy atom. The first-order valence-corrected chi connectivity index (χ1v) is 8.62. The summed E-state index contributed by atoms with van der Waals surface area (Å²) in [5, 5.41) is 3.77. The number of piperidine rings is 1. The van der Waals surface area contributed by atoms with Crippen LogP contribution in [-0.2, 0) is 4.43 Å². The van der Waals surface area contributed by atoms with E-state index in [9.17, 15) is 0 Å². The van der Waals surface area contributed by atoms with E-state index in [1.54, 1.807) is 0 Å². The predicted molar refractivity (Wildman–Crippen MR) is 61.9 cm³/mol. The van der Waals surface area contributed by atoms with Crippen molar-refractivity contribution in [2.24, 2.45) is 11.8 Å². The highest BCUT2D eigenvalue weighted by molar-refractivity contribution is 6.74. The van der Waals surface area contributed by atoms with Gasteiger partial charge in [0.1, 0.15) is 0 Å². The standard InChI is InChI=1S/C11H23NOSi/c1-11(2,3)14(4,5)13-10-8-6-12-7-9(8)10/h8-10,12H,6-7H2,1-5H3/t8-,9+,10+. The summed E-state index contributed by atoms with van der Waals surface area (Å²) in [6.45, 7) is 14.0. The smallest absolute Gasteiger partial charge is 0.192 e. The molecule has 1 aliphatic carbocycles. The molecule has 2 aliphatic rings. The van der Waals surface area contributed by atoms with Gasteiger partial charge in [-0.25, -0.2) is 0 Å². The summed E-state index contributed by atoms with van der Waals surface area (Å²) in [7, 11) is -1.50. The average molecular weight is 213 g/mol.